The van der Waals surface area contributed by atoms with Gasteiger partial charge in [-0.2, -0.15) is 21.6 Å². The van der Waals surface area contributed by atoms with Crippen molar-refractivity contribution in [1.29, 1.82) is 0 Å². The Labute approximate surface area is 103 Å². The molecule has 0 aromatic rings. The monoisotopic (exact) mass is 292 g/mol. The largest absolute Gasteiger partial charge is 0.523 e. The summed E-state index contributed by atoms with van der Waals surface area (Å²) in [5.41, 5.74) is -5.55. The zero-order chi connectivity index (χ0) is 14.4. The molecule has 18 heavy (non-hydrogen) atoms. The van der Waals surface area contributed by atoms with Crippen molar-refractivity contribution < 1.29 is 35.3 Å². The molecule has 5 nitrogen and oxygen atoms in total. The van der Waals surface area contributed by atoms with Crippen LogP contribution in [-0.4, -0.2) is 32.6 Å². The molecule has 0 unspecified atom stereocenters. The maximum atomic E-state index is 12.0. The smallest absolute Gasteiger partial charge is 0.464 e. The van der Waals surface area contributed by atoms with Gasteiger partial charge in [0.2, 0.25) is 0 Å². The van der Waals surface area contributed by atoms with Gasteiger partial charge in [-0.25, -0.2) is 8.98 Å². The van der Waals surface area contributed by atoms with Crippen LogP contribution >= 0.6 is 0 Å². The zero-order valence-electron chi connectivity index (χ0n) is 9.99. The van der Waals surface area contributed by atoms with Gasteiger partial charge in [-0.1, -0.05) is 20.3 Å². The molecule has 1 atom stereocenters. The number of alkyl halides is 3. The van der Waals surface area contributed by atoms with Crippen LogP contribution in [0.1, 0.15) is 33.1 Å². The molecule has 0 amide bonds. The van der Waals surface area contributed by atoms with Crippen molar-refractivity contribution in [2.45, 2.75) is 44.7 Å². The van der Waals surface area contributed by atoms with Gasteiger partial charge in [0.15, 0.2) is 6.10 Å². The lowest BCUT2D eigenvalue weighted by molar-refractivity contribution is -0.152. The van der Waals surface area contributed by atoms with Gasteiger partial charge in [0.05, 0.1) is 6.61 Å². The molecule has 0 aromatic carbocycles. The van der Waals surface area contributed by atoms with Crippen molar-refractivity contribution in [3.63, 3.8) is 0 Å². The predicted octanol–water partition coefficient (Wildman–Crippen LogP) is 1.97. The van der Waals surface area contributed by atoms with E-state index in [4.69, 9.17) is 0 Å². The highest BCUT2D eigenvalue weighted by Gasteiger charge is 2.49. The third kappa shape index (κ3) is 5.21. The molecule has 0 aromatic heterocycles. The second-order valence-electron chi connectivity index (χ2n) is 3.41. The molecule has 0 aliphatic rings. The summed E-state index contributed by atoms with van der Waals surface area (Å²) in [7, 11) is -5.79. The summed E-state index contributed by atoms with van der Waals surface area (Å²) in [6, 6.07) is 0. The topological polar surface area (TPSA) is 69.7 Å². The Morgan fingerprint density at radius 2 is 1.83 bits per heavy atom. The van der Waals surface area contributed by atoms with Crippen molar-refractivity contribution in [2.75, 3.05) is 6.61 Å². The lowest BCUT2D eigenvalue weighted by Crippen LogP contribution is -2.34. The standard InChI is InChI=1S/C9H15F3O5S/c1-3-5-6-16-8(13)7(4-2)17-18(14,15)9(10,11)12/h7H,3-6H2,1-2H3/t7-/m1/s1. The lowest BCUT2D eigenvalue weighted by Gasteiger charge is -2.15. The van der Waals surface area contributed by atoms with E-state index < -0.39 is 27.7 Å². The minimum Gasteiger partial charge on any atom is -0.464 e. The number of esters is 1. The maximum Gasteiger partial charge on any atom is 0.523 e. The highest BCUT2D eigenvalue weighted by atomic mass is 32.2. The summed E-state index contributed by atoms with van der Waals surface area (Å²) in [6.45, 7) is 3.16. The zero-order valence-corrected chi connectivity index (χ0v) is 10.8. The Balaban J connectivity index is 4.57. The van der Waals surface area contributed by atoms with E-state index in [1.807, 2.05) is 6.92 Å². The molecule has 0 radical (unpaired) electrons. The minimum absolute atomic E-state index is 0.0151. The number of ether oxygens (including phenoxy) is 1. The molecule has 0 saturated carbocycles. The number of hydrogen-bond donors (Lipinski definition) is 0. The third-order valence-electron chi connectivity index (χ3n) is 1.90. The number of halogens is 3. The van der Waals surface area contributed by atoms with Crippen LogP contribution in [0, 0.1) is 0 Å². The number of rotatable bonds is 7. The summed E-state index contributed by atoms with van der Waals surface area (Å²) >= 11 is 0. The number of unbranched alkanes of at least 4 members (excludes halogenated alkanes) is 1. The van der Waals surface area contributed by atoms with E-state index >= 15 is 0 Å². The highest BCUT2D eigenvalue weighted by Crippen LogP contribution is 2.26. The van der Waals surface area contributed by atoms with E-state index in [1.165, 1.54) is 6.92 Å². The van der Waals surface area contributed by atoms with Crippen LogP contribution in [0.25, 0.3) is 0 Å². The van der Waals surface area contributed by atoms with Crippen LogP contribution in [0.2, 0.25) is 0 Å². The summed E-state index contributed by atoms with van der Waals surface area (Å²) in [6.07, 6.45) is -0.742. The van der Waals surface area contributed by atoms with Crippen LogP contribution < -0.4 is 0 Å². The van der Waals surface area contributed by atoms with Crippen LogP contribution in [-0.2, 0) is 23.8 Å². The minimum atomic E-state index is -5.79. The first-order chi connectivity index (χ1) is 8.15. The van der Waals surface area contributed by atoms with Crippen molar-refractivity contribution in [2.24, 2.45) is 0 Å². The van der Waals surface area contributed by atoms with Gasteiger partial charge in [-0.15, -0.1) is 0 Å². The Hall–Kier alpha value is -0.830. The predicted molar refractivity (Wildman–Crippen MR) is 56.0 cm³/mol. The van der Waals surface area contributed by atoms with Crippen LogP contribution in [0.5, 0.6) is 0 Å². The molecule has 0 rings (SSSR count). The van der Waals surface area contributed by atoms with Crippen molar-refractivity contribution >= 4 is 16.1 Å². The summed E-state index contributed by atoms with van der Waals surface area (Å²) in [5, 5.41) is 0. The average molecular weight is 292 g/mol. The molecule has 0 N–H and O–H groups in total. The van der Waals surface area contributed by atoms with E-state index in [-0.39, 0.29) is 13.0 Å². The molecule has 0 spiro atoms. The first kappa shape index (κ1) is 17.2. The Kier molecular flexibility index (Phi) is 6.61. The number of carbonyl (C=O) groups excluding carboxylic acids is 1. The van der Waals surface area contributed by atoms with Gasteiger partial charge in [-0.05, 0) is 12.8 Å². The fourth-order valence-corrected chi connectivity index (χ4v) is 1.52. The quantitative estimate of drug-likeness (QED) is 0.310. The lowest BCUT2D eigenvalue weighted by atomic mass is 10.3. The fourth-order valence-electron chi connectivity index (χ4n) is 0.892. The van der Waals surface area contributed by atoms with Crippen LogP contribution in [0.4, 0.5) is 13.2 Å². The molecule has 9 heteroatoms. The number of carbonyl (C=O) groups is 1. The summed E-state index contributed by atoms with van der Waals surface area (Å²) in [4.78, 5) is 11.3. The third-order valence-corrected chi connectivity index (χ3v) is 2.95. The van der Waals surface area contributed by atoms with Gasteiger partial charge in [0.25, 0.3) is 0 Å². The molecule has 0 fully saturated rings. The first-order valence-corrected chi connectivity index (χ1v) is 6.72. The van der Waals surface area contributed by atoms with E-state index in [1.54, 1.807) is 0 Å². The molecule has 108 valence electrons. The fraction of sp³-hybridized carbons (Fsp3) is 0.889. The van der Waals surface area contributed by atoms with E-state index in [0.29, 0.717) is 6.42 Å². The number of hydrogen-bond acceptors (Lipinski definition) is 5. The molecule has 0 aliphatic carbocycles. The Bertz CT molecular complexity index is 363. The van der Waals surface area contributed by atoms with Crippen LogP contribution in [0.3, 0.4) is 0 Å². The maximum absolute atomic E-state index is 12.0. The molecule has 0 saturated heterocycles. The molecule has 0 aliphatic heterocycles. The first-order valence-electron chi connectivity index (χ1n) is 5.31. The summed E-state index contributed by atoms with van der Waals surface area (Å²) in [5.74, 6) is -1.11. The van der Waals surface area contributed by atoms with Crippen LogP contribution in [0.15, 0.2) is 0 Å². The van der Waals surface area contributed by atoms with Gasteiger partial charge in [-0.3, -0.25) is 0 Å². The van der Waals surface area contributed by atoms with Gasteiger partial charge in [0.1, 0.15) is 0 Å². The molecular formula is C9H15F3O5S. The normalized spacial score (nSPS) is 14.3. The van der Waals surface area contributed by atoms with E-state index in [2.05, 4.69) is 8.92 Å². The molecule has 0 heterocycles. The highest BCUT2D eigenvalue weighted by molar-refractivity contribution is 7.87. The van der Waals surface area contributed by atoms with Crippen molar-refractivity contribution in [3.8, 4) is 0 Å². The second kappa shape index (κ2) is 6.93. The van der Waals surface area contributed by atoms with Gasteiger partial charge >= 0.3 is 21.6 Å². The van der Waals surface area contributed by atoms with E-state index in [9.17, 15) is 26.4 Å². The Morgan fingerprint density at radius 1 is 1.28 bits per heavy atom. The summed E-state index contributed by atoms with van der Waals surface area (Å²) < 4.78 is 65.9. The second-order valence-corrected chi connectivity index (χ2v) is 4.98. The van der Waals surface area contributed by atoms with Gasteiger partial charge < -0.3 is 4.74 Å². The SMILES string of the molecule is CCCCOC(=O)[C@@H](CC)OS(=O)(=O)C(F)(F)F. The van der Waals surface area contributed by atoms with E-state index in [0.717, 1.165) is 6.42 Å². The molecular weight excluding hydrogens is 277 g/mol. The molecule has 0 bridgehead atoms. The Morgan fingerprint density at radius 3 is 2.22 bits per heavy atom. The average Bonchev–Trinajstić information content (AvgIpc) is 2.24. The van der Waals surface area contributed by atoms with Gasteiger partial charge in [0, 0.05) is 0 Å². The van der Waals surface area contributed by atoms with Crippen molar-refractivity contribution in [1.82, 2.24) is 0 Å². The van der Waals surface area contributed by atoms with Crippen molar-refractivity contribution in [3.05, 3.63) is 0 Å².